The highest BCUT2D eigenvalue weighted by Gasteiger charge is 2.15. The van der Waals surface area contributed by atoms with Gasteiger partial charge in [0.1, 0.15) is 11.1 Å². The van der Waals surface area contributed by atoms with E-state index in [0.29, 0.717) is 16.3 Å². The molecule has 1 aromatic heterocycles. The predicted octanol–water partition coefficient (Wildman–Crippen LogP) is 2.16. The van der Waals surface area contributed by atoms with Crippen LogP contribution in [0.1, 0.15) is 18.1 Å². The maximum absolute atomic E-state index is 11.2. The van der Waals surface area contributed by atoms with Crippen molar-refractivity contribution >= 4 is 17.7 Å². The fourth-order valence-corrected chi connectivity index (χ4v) is 2.28. The van der Waals surface area contributed by atoms with Gasteiger partial charge < -0.3 is 4.74 Å². The van der Waals surface area contributed by atoms with E-state index in [1.807, 2.05) is 6.92 Å². The van der Waals surface area contributed by atoms with Crippen LogP contribution in [0.5, 0.6) is 0 Å². The molecule has 1 rings (SSSR count). The number of thioether (sulfide) groups is 1. The number of rotatable bonds is 4. The van der Waals surface area contributed by atoms with Crippen LogP contribution in [-0.2, 0) is 9.53 Å². The average Bonchev–Trinajstić information content (AvgIpc) is 2.34. The van der Waals surface area contributed by atoms with Crippen molar-refractivity contribution in [2.45, 2.75) is 18.9 Å². The first-order valence-electron chi connectivity index (χ1n) is 5.16. The van der Waals surface area contributed by atoms with Crippen molar-refractivity contribution in [1.29, 1.82) is 5.26 Å². The van der Waals surface area contributed by atoms with Gasteiger partial charge >= 0.3 is 5.97 Å². The fourth-order valence-electron chi connectivity index (χ4n) is 1.25. The van der Waals surface area contributed by atoms with Crippen LogP contribution in [0.2, 0.25) is 0 Å². The zero-order chi connectivity index (χ0) is 12.8. The highest BCUT2D eigenvalue weighted by molar-refractivity contribution is 7.99. The summed E-state index contributed by atoms with van der Waals surface area (Å²) in [5, 5.41) is 9.69. The Morgan fingerprint density at radius 3 is 3.00 bits per heavy atom. The molecule has 0 spiro atoms. The quantitative estimate of drug-likeness (QED) is 0.605. The number of ether oxygens (including phenoxy) is 1. The summed E-state index contributed by atoms with van der Waals surface area (Å²) >= 11 is 1.40. The summed E-state index contributed by atoms with van der Waals surface area (Å²) < 4.78 is 4.64. The smallest absolute Gasteiger partial charge is 0.309 e. The van der Waals surface area contributed by atoms with Gasteiger partial charge in [0.15, 0.2) is 0 Å². The molecule has 0 aromatic carbocycles. The molecule has 0 saturated carbocycles. The second kappa shape index (κ2) is 6.26. The third kappa shape index (κ3) is 3.46. The summed E-state index contributed by atoms with van der Waals surface area (Å²) in [7, 11) is 1.37. The van der Waals surface area contributed by atoms with Crippen LogP contribution in [0, 0.1) is 24.2 Å². The highest BCUT2D eigenvalue weighted by atomic mass is 32.2. The standard InChI is InChI=1S/C12H14N2O2S/c1-8-4-5-14-11(10(8)6-13)17-7-9(2)12(15)16-3/h4-5,9H,7H2,1-3H3. The van der Waals surface area contributed by atoms with Crippen molar-refractivity contribution in [1.82, 2.24) is 4.98 Å². The van der Waals surface area contributed by atoms with Crippen molar-refractivity contribution in [3.63, 3.8) is 0 Å². The van der Waals surface area contributed by atoms with E-state index in [2.05, 4.69) is 15.8 Å². The molecule has 0 saturated heterocycles. The third-order valence-corrected chi connectivity index (χ3v) is 3.56. The van der Waals surface area contributed by atoms with Gasteiger partial charge in [0, 0.05) is 11.9 Å². The van der Waals surface area contributed by atoms with E-state index in [9.17, 15) is 4.79 Å². The Balaban J connectivity index is 2.74. The molecule has 0 aliphatic rings. The summed E-state index contributed by atoms with van der Waals surface area (Å²) in [6, 6.07) is 3.93. The lowest BCUT2D eigenvalue weighted by molar-refractivity contribution is -0.143. The van der Waals surface area contributed by atoms with E-state index < -0.39 is 0 Å². The topological polar surface area (TPSA) is 63.0 Å². The van der Waals surface area contributed by atoms with Crippen molar-refractivity contribution in [3.8, 4) is 6.07 Å². The summed E-state index contributed by atoms with van der Waals surface area (Å²) in [6.45, 7) is 3.66. The Kier molecular flexibility index (Phi) is 4.98. The first kappa shape index (κ1) is 13.5. The zero-order valence-corrected chi connectivity index (χ0v) is 10.9. The summed E-state index contributed by atoms with van der Waals surface area (Å²) in [6.07, 6.45) is 1.67. The lowest BCUT2D eigenvalue weighted by atomic mass is 10.2. The largest absolute Gasteiger partial charge is 0.469 e. The van der Waals surface area contributed by atoms with Gasteiger partial charge in [-0.25, -0.2) is 4.98 Å². The molecule has 90 valence electrons. The van der Waals surface area contributed by atoms with Crippen molar-refractivity contribution in [2.24, 2.45) is 5.92 Å². The first-order chi connectivity index (χ1) is 8.10. The lowest BCUT2D eigenvalue weighted by Crippen LogP contribution is -2.15. The van der Waals surface area contributed by atoms with Crippen molar-refractivity contribution in [2.75, 3.05) is 12.9 Å². The van der Waals surface area contributed by atoms with Gasteiger partial charge in [-0.1, -0.05) is 6.92 Å². The zero-order valence-electron chi connectivity index (χ0n) is 10.1. The van der Waals surface area contributed by atoms with Crippen LogP contribution in [0.15, 0.2) is 17.3 Å². The number of carbonyl (C=O) groups is 1. The summed E-state index contributed by atoms with van der Waals surface area (Å²) in [5.41, 5.74) is 1.48. The SMILES string of the molecule is COC(=O)C(C)CSc1nccc(C)c1C#N. The number of nitriles is 1. The second-order valence-electron chi connectivity index (χ2n) is 3.66. The molecule has 0 radical (unpaired) electrons. The molecule has 0 aliphatic carbocycles. The van der Waals surface area contributed by atoms with E-state index in [1.54, 1.807) is 19.2 Å². The molecule has 1 aromatic rings. The summed E-state index contributed by atoms with van der Waals surface area (Å²) in [5.74, 6) is 0.0974. The van der Waals surface area contributed by atoms with E-state index in [4.69, 9.17) is 5.26 Å². The Morgan fingerprint density at radius 1 is 1.71 bits per heavy atom. The third-order valence-electron chi connectivity index (χ3n) is 2.31. The maximum atomic E-state index is 11.2. The number of esters is 1. The van der Waals surface area contributed by atoms with Gasteiger partial charge in [-0.05, 0) is 18.6 Å². The van der Waals surface area contributed by atoms with E-state index in [-0.39, 0.29) is 11.9 Å². The average molecular weight is 250 g/mol. The summed E-state index contributed by atoms with van der Waals surface area (Å²) in [4.78, 5) is 15.4. The van der Waals surface area contributed by atoms with Crippen LogP contribution in [0.3, 0.4) is 0 Å². The number of methoxy groups -OCH3 is 1. The Bertz CT molecular complexity index is 454. The van der Waals surface area contributed by atoms with Crippen LogP contribution < -0.4 is 0 Å². The maximum Gasteiger partial charge on any atom is 0.309 e. The van der Waals surface area contributed by atoms with Crippen molar-refractivity contribution in [3.05, 3.63) is 23.4 Å². The number of carbonyl (C=O) groups excluding carboxylic acids is 1. The van der Waals surface area contributed by atoms with Crippen LogP contribution in [0.4, 0.5) is 0 Å². The molecule has 0 amide bonds. The Morgan fingerprint density at radius 2 is 2.41 bits per heavy atom. The number of nitrogens with zero attached hydrogens (tertiary/aromatic N) is 2. The minimum Gasteiger partial charge on any atom is -0.469 e. The molecule has 0 N–H and O–H groups in total. The predicted molar refractivity (Wildman–Crippen MR) is 65.6 cm³/mol. The number of hydrogen-bond acceptors (Lipinski definition) is 5. The van der Waals surface area contributed by atoms with E-state index in [1.165, 1.54) is 18.9 Å². The molecule has 5 heteroatoms. The molecule has 1 unspecified atom stereocenters. The van der Waals surface area contributed by atoms with Gasteiger partial charge in [0.2, 0.25) is 0 Å². The van der Waals surface area contributed by atoms with Gasteiger partial charge in [-0.3, -0.25) is 4.79 Å². The molecule has 0 bridgehead atoms. The number of pyridine rings is 1. The molecule has 1 heterocycles. The van der Waals surface area contributed by atoms with Gasteiger partial charge in [-0.15, -0.1) is 11.8 Å². The van der Waals surface area contributed by atoms with Gasteiger partial charge in [-0.2, -0.15) is 5.26 Å². The molecule has 0 fully saturated rings. The monoisotopic (exact) mass is 250 g/mol. The molecule has 17 heavy (non-hydrogen) atoms. The molecule has 1 atom stereocenters. The highest BCUT2D eigenvalue weighted by Crippen LogP contribution is 2.24. The molecular formula is C12H14N2O2S. The Labute approximate surface area is 105 Å². The minimum absolute atomic E-state index is 0.209. The fraction of sp³-hybridized carbons (Fsp3) is 0.417. The minimum atomic E-state index is -0.247. The van der Waals surface area contributed by atoms with Crippen LogP contribution in [0.25, 0.3) is 0 Å². The lowest BCUT2D eigenvalue weighted by Gasteiger charge is -2.09. The Hall–Kier alpha value is -1.54. The first-order valence-corrected chi connectivity index (χ1v) is 6.15. The number of hydrogen-bond donors (Lipinski definition) is 0. The molecule has 0 aliphatic heterocycles. The second-order valence-corrected chi connectivity index (χ2v) is 4.66. The number of aromatic nitrogens is 1. The van der Waals surface area contributed by atoms with Gasteiger partial charge in [0.25, 0.3) is 0 Å². The van der Waals surface area contributed by atoms with Crippen LogP contribution in [-0.4, -0.2) is 23.8 Å². The van der Waals surface area contributed by atoms with Crippen molar-refractivity contribution < 1.29 is 9.53 Å². The van der Waals surface area contributed by atoms with E-state index >= 15 is 0 Å². The number of aryl methyl sites for hydroxylation is 1. The molecular weight excluding hydrogens is 236 g/mol. The van der Waals surface area contributed by atoms with Gasteiger partial charge in [0.05, 0.1) is 18.6 Å². The van der Waals surface area contributed by atoms with Crippen LogP contribution >= 0.6 is 11.8 Å². The normalized spacial score (nSPS) is 11.6. The van der Waals surface area contributed by atoms with E-state index in [0.717, 1.165) is 5.56 Å². The molecule has 4 nitrogen and oxygen atoms in total.